The number of anilines is 2. The van der Waals surface area contributed by atoms with Crippen molar-refractivity contribution in [2.75, 3.05) is 55.1 Å². The van der Waals surface area contributed by atoms with E-state index >= 15 is 0 Å². The number of aromatic amines is 1. The summed E-state index contributed by atoms with van der Waals surface area (Å²) < 4.78 is 34.7. The zero-order valence-electron chi connectivity index (χ0n) is 24.0. The standard InChI is InChI=1S/C31H34N6O3S3/c1-3-17-40-18-16-37(43(38,39)29-11-6-19-41-29)27-9-5-8-24-20-26(34-30(24)27)31-32-21-25(42-31)22-35-12-14-36(15-13-35)28-10-4-7-23(2)33-28/h3-11,19-21,34H,1,12-18,22H2,2H3. The molecule has 0 unspecified atom stereocenters. The molecule has 1 fully saturated rings. The molecule has 6 rings (SSSR count). The first-order valence-electron chi connectivity index (χ1n) is 14.1. The Morgan fingerprint density at radius 1 is 1.12 bits per heavy atom. The highest BCUT2D eigenvalue weighted by molar-refractivity contribution is 7.94. The highest BCUT2D eigenvalue weighted by atomic mass is 32.2. The van der Waals surface area contributed by atoms with Gasteiger partial charge in [0.05, 0.1) is 36.7 Å². The van der Waals surface area contributed by atoms with Crippen molar-refractivity contribution in [3.05, 3.63) is 89.4 Å². The highest BCUT2D eigenvalue weighted by Gasteiger charge is 2.28. The summed E-state index contributed by atoms with van der Waals surface area (Å²) in [7, 11) is -3.78. The third kappa shape index (κ3) is 6.53. The van der Waals surface area contributed by atoms with Crippen LogP contribution in [0.3, 0.4) is 0 Å². The monoisotopic (exact) mass is 634 g/mol. The summed E-state index contributed by atoms with van der Waals surface area (Å²) in [4.78, 5) is 18.9. The number of nitrogens with one attached hydrogen (secondary N) is 1. The maximum Gasteiger partial charge on any atom is 0.273 e. The Bertz CT molecular complexity index is 1790. The number of thiophene rings is 1. The molecule has 1 saturated heterocycles. The lowest BCUT2D eigenvalue weighted by atomic mass is 10.2. The van der Waals surface area contributed by atoms with Crippen LogP contribution >= 0.6 is 22.7 Å². The van der Waals surface area contributed by atoms with Crippen molar-refractivity contribution in [2.45, 2.75) is 17.7 Å². The molecule has 0 saturated carbocycles. The Labute approximate surface area is 260 Å². The van der Waals surface area contributed by atoms with E-state index in [9.17, 15) is 8.42 Å². The number of fused-ring (bicyclic) bond motifs is 1. The first-order valence-corrected chi connectivity index (χ1v) is 17.3. The number of benzene rings is 1. The van der Waals surface area contributed by atoms with E-state index in [1.54, 1.807) is 34.9 Å². The van der Waals surface area contributed by atoms with Crippen LogP contribution in [0.4, 0.5) is 11.5 Å². The largest absolute Gasteiger partial charge is 0.376 e. The number of pyridine rings is 1. The number of piperazine rings is 1. The lowest BCUT2D eigenvalue weighted by molar-refractivity contribution is 0.171. The molecule has 5 aromatic rings. The van der Waals surface area contributed by atoms with Gasteiger partial charge in [0.1, 0.15) is 15.0 Å². The van der Waals surface area contributed by atoms with Crippen LogP contribution in [0.15, 0.2) is 83.0 Å². The van der Waals surface area contributed by atoms with E-state index in [-0.39, 0.29) is 13.2 Å². The molecule has 12 heteroatoms. The van der Waals surface area contributed by atoms with Crippen molar-refractivity contribution >= 4 is 55.1 Å². The molecule has 0 aliphatic carbocycles. The summed E-state index contributed by atoms with van der Waals surface area (Å²) in [6.45, 7) is 11.1. The Morgan fingerprint density at radius 2 is 1.95 bits per heavy atom. The second kappa shape index (κ2) is 13.0. The van der Waals surface area contributed by atoms with Gasteiger partial charge in [-0.3, -0.25) is 9.21 Å². The second-order valence-electron chi connectivity index (χ2n) is 10.3. The molecule has 0 radical (unpaired) electrons. The molecule has 1 aliphatic heterocycles. The number of para-hydroxylation sites is 1. The molecule has 1 N–H and O–H groups in total. The zero-order chi connectivity index (χ0) is 29.8. The van der Waals surface area contributed by atoms with E-state index in [1.807, 2.05) is 43.5 Å². The van der Waals surface area contributed by atoms with Crippen LogP contribution in [-0.4, -0.2) is 74.2 Å². The van der Waals surface area contributed by atoms with Crippen molar-refractivity contribution < 1.29 is 13.2 Å². The summed E-state index contributed by atoms with van der Waals surface area (Å²) in [6, 6.07) is 17.3. The maximum atomic E-state index is 13.7. The number of thiazole rings is 1. The van der Waals surface area contributed by atoms with E-state index in [0.29, 0.717) is 16.5 Å². The fraction of sp³-hybridized carbons (Fsp3) is 0.290. The lowest BCUT2D eigenvalue weighted by Gasteiger charge is -2.35. The van der Waals surface area contributed by atoms with Gasteiger partial charge in [0.2, 0.25) is 0 Å². The summed E-state index contributed by atoms with van der Waals surface area (Å²) in [5.41, 5.74) is 3.23. The third-order valence-corrected chi connectivity index (χ3v) is 11.6. The average molecular weight is 635 g/mol. The van der Waals surface area contributed by atoms with E-state index in [2.05, 4.69) is 38.5 Å². The van der Waals surface area contributed by atoms with Crippen molar-refractivity contribution in [1.82, 2.24) is 19.9 Å². The van der Waals surface area contributed by atoms with Crippen molar-refractivity contribution in [1.29, 1.82) is 0 Å². The van der Waals surface area contributed by atoms with Crippen LogP contribution in [0.2, 0.25) is 0 Å². The minimum atomic E-state index is -3.78. The number of nitrogens with zero attached hydrogens (tertiary/aromatic N) is 5. The Morgan fingerprint density at radius 3 is 2.72 bits per heavy atom. The average Bonchev–Trinajstić information content (AvgIpc) is 3.79. The van der Waals surface area contributed by atoms with Crippen LogP contribution in [0.1, 0.15) is 10.6 Å². The molecular weight excluding hydrogens is 601 g/mol. The summed E-state index contributed by atoms with van der Waals surface area (Å²) in [6.07, 6.45) is 3.60. The quantitative estimate of drug-likeness (QED) is 0.137. The van der Waals surface area contributed by atoms with Crippen LogP contribution in [0.25, 0.3) is 21.6 Å². The molecule has 1 aliphatic rings. The molecule has 0 bridgehead atoms. The lowest BCUT2D eigenvalue weighted by Crippen LogP contribution is -2.46. The van der Waals surface area contributed by atoms with Crippen molar-refractivity contribution in [2.24, 2.45) is 0 Å². The second-order valence-corrected chi connectivity index (χ2v) is 14.5. The minimum absolute atomic E-state index is 0.177. The first-order chi connectivity index (χ1) is 20.9. The molecule has 0 amide bonds. The molecule has 4 aromatic heterocycles. The Hall–Kier alpha value is -3.55. The molecule has 0 atom stereocenters. The van der Waals surface area contributed by atoms with Gasteiger partial charge in [0.25, 0.3) is 10.0 Å². The topological polar surface area (TPSA) is 94.7 Å². The van der Waals surface area contributed by atoms with E-state index in [0.717, 1.165) is 65.8 Å². The molecule has 0 spiro atoms. The van der Waals surface area contributed by atoms with E-state index in [1.165, 1.54) is 20.5 Å². The molecule has 9 nitrogen and oxygen atoms in total. The predicted octanol–water partition coefficient (Wildman–Crippen LogP) is 5.78. The van der Waals surface area contributed by atoms with E-state index < -0.39 is 10.0 Å². The molecule has 1 aromatic carbocycles. The van der Waals surface area contributed by atoms with Gasteiger partial charge in [-0.25, -0.2) is 18.4 Å². The maximum absolute atomic E-state index is 13.7. The van der Waals surface area contributed by atoms with Gasteiger partial charge in [0.15, 0.2) is 0 Å². The van der Waals surface area contributed by atoms with Crippen molar-refractivity contribution in [3.63, 3.8) is 0 Å². The number of sulfonamides is 1. The molecule has 224 valence electrons. The minimum Gasteiger partial charge on any atom is -0.376 e. The number of aromatic nitrogens is 3. The van der Waals surface area contributed by atoms with Crippen molar-refractivity contribution in [3.8, 4) is 10.7 Å². The normalized spacial score (nSPS) is 14.4. The van der Waals surface area contributed by atoms with Gasteiger partial charge in [-0.1, -0.05) is 30.3 Å². The SMILES string of the molecule is C=CCOCCN(c1cccc2cc(-c3ncc(CN4CCN(c5cccc(C)n5)CC4)s3)[nH]c12)S(=O)(=O)c1cccs1. The fourth-order valence-corrected chi connectivity index (χ4v) is 8.72. The molecular formula is C31H34N6O3S3. The number of H-pyrrole nitrogens is 1. The van der Waals surface area contributed by atoms with Crippen LogP contribution in [0, 0.1) is 6.92 Å². The van der Waals surface area contributed by atoms with Gasteiger partial charge in [0, 0.05) is 54.9 Å². The summed E-state index contributed by atoms with van der Waals surface area (Å²) >= 11 is 2.87. The Kier molecular flexibility index (Phi) is 8.91. The number of hydrogen-bond acceptors (Lipinski definition) is 9. The molecule has 5 heterocycles. The number of aryl methyl sites for hydroxylation is 1. The molecule has 43 heavy (non-hydrogen) atoms. The number of ether oxygens (including phenoxy) is 1. The summed E-state index contributed by atoms with van der Waals surface area (Å²) in [5.74, 6) is 1.05. The zero-order valence-corrected chi connectivity index (χ0v) is 26.4. The highest BCUT2D eigenvalue weighted by Crippen LogP contribution is 2.35. The van der Waals surface area contributed by atoms with Gasteiger partial charge < -0.3 is 14.6 Å². The van der Waals surface area contributed by atoms with Gasteiger partial charge in [-0.15, -0.1) is 29.3 Å². The first kappa shape index (κ1) is 29.5. The van der Waals surface area contributed by atoms with Crippen LogP contribution in [-0.2, 0) is 21.3 Å². The van der Waals surface area contributed by atoms with Gasteiger partial charge in [-0.2, -0.15) is 0 Å². The summed E-state index contributed by atoms with van der Waals surface area (Å²) in [5, 5.41) is 3.57. The smallest absolute Gasteiger partial charge is 0.273 e. The third-order valence-electron chi connectivity index (χ3n) is 7.35. The Balaban J connectivity index is 1.20. The van der Waals surface area contributed by atoms with Gasteiger partial charge in [-0.05, 0) is 42.6 Å². The predicted molar refractivity (Wildman–Crippen MR) is 176 cm³/mol. The van der Waals surface area contributed by atoms with Crippen LogP contribution < -0.4 is 9.21 Å². The van der Waals surface area contributed by atoms with E-state index in [4.69, 9.17) is 9.72 Å². The fourth-order valence-electron chi connectivity index (χ4n) is 5.23. The number of rotatable bonds is 12. The van der Waals surface area contributed by atoms with Gasteiger partial charge >= 0.3 is 0 Å². The van der Waals surface area contributed by atoms with Crippen LogP contribution in [0.5, 0.6) is 0 Å². The number of hydrogen-bond donors (Lipinski definition) is 1.